The third-order valence-corrected chi connectivity index (χ3v) is 4.85. The highest BCUT2D eigenvalue weighted by atomic mass is 16.5. The molecule has 5 nitrogen and oxygen atoms in total. The van der Waals surface area contributed by atoms with Gasteiger partial charge in [0.25, 0.3) is 0 Å². The Morgan fingerprint density at radius 2 is 1.88 bits per heavy atom. The van der Waals surface area contributed by atoms with Gasteiger partial charge in [0.15, 0.2) is 5.65 Å². The zero-order valence-corrected chi connectivity index (χ0v) is 13.9. The quantitative estimate of drug-likeness (QED) is 0.739. The summed E-state index contributed by atoms with van der Waals surface area (Å²) >= 11 is 0. The van der Waals surface area contributed by atoms with Crippen molar-refractivity contribution in [1.29, 1.82) is 0 Å². The van der Waals surface area contributed by atoms with E-state index in [4.69, 9.17) is 4.74 Å². The standard InChI is InChI=1S/C19H22N4O/c1-24-17-6-4-15(5-7-17)13-22-11-8-16(9-12-22)23-14-21-18-3-2-10-20-19(18)23/h2-7,10,14,16H,8-9,11-13H2,1H3. The van der Waals surface area contributed by atoms with Crippen LogP contribution in [0.3, 0.4) is 0 Å². The summed E-state index contributed by atoms with van der Waals surface area (Å²) in [5.74, 6) is 0.914. The van der Waals surface area contributed by atoms with Crippen molar-refractivity contribution in [2.45, 2.75) is 25.4 Å². The number of aromatic nitrogens is 3. The van der Waals surface area contributed by atoms with Gasteiger partial charge >= 0.3 is 0 Å². The van der Waals surface area contributed by atoms with Gasteiger partial charge in [0.05, 0.1) is 13.4 Å². The van der Waals surface area contributed by atoms with Crippen LogP contribution in [-0.2, 0) is 6.54 Å². The Labute approximate surface area is 141 Å². The molecule has 0 atom stereocenters. The minimum atomic E-state index is 0.497. The summed E-state index contributed by atoms with van der Waals surface area (Å²) in [7, 11) is 1.70. The van der Waals surface area contributed by atoms with Gasteiger partial charge in [0.2, 0.25) is 0 Å². The smallest absolute Gasteiger partial charge is 0.160 e. The van der Waals surface area contributed by atoms with Gasteiger partial charge in [-0.05, 0) is 42.7 Å². The van der Waals surface area contributed by atoms with Gasteiger partial charge < -0.3 is 9.30 Å². The molecule has 0 unspecified atom stereocenters. The Balaban J connectivity index is 1.39. The summed E-state index contributed by atoms with van der Waals surface area (Å²) in [5.41, 5.74) is 3.33. The average Bonchev–Trinajstić information content (AvgIpc) is 3.07. The SMILES string of the molecule is COc1ccc(CN2CCC(n3cnc4cccnc43)CC2)cc1. The second kappa shape index (κ2) is 6.61. The molecule has 0 spiro atoms. The molecule has 5 heteroatoms. The summed E-state index contributed by atoms with van der Waals surface area (Å²) in [5, 5.41) is 0. The van der Waals surface area contributed by atoms with Crippen LogP contribution in [0.15, 0.2) is 48.9 Å². The molecule has 1 saturated heterocycles. The van der Waals surface area contributed by atoms with E-state index in [1.54, 1.807) is 7.11 Å². The molecule has 2 aromatic heterocycles. The maximum absolute atomic E-state index is 5.22. The number of piperidine rings is 1. The summed E-state index contributed by atoms with van der Waals surface area (Å²) < 4.78 is 7.47. The van der Waals surface area contributed by atoms with Crippen LogP contribution in [0.5, 0.6) is 5.75 Å². The summed E-state index contributed by atoms with van der Waals surface area (Å²) in [6.45, 7) is 3.20. The molecule has 0 saturated carbocycles. The lowest BCUT2D eigenvalue weighted by Crippen LogP contribution is -2.34. The summed E-state index contributed by atoms with van der Waals surface area (Å²) in [6.07, 6.45) is 6.07. The van der Waals surface area contributed by atoms with E-state index >= 15 is 0 Å². The maximum atomic E-state index is 5.22. The molecular weight excluding hydrogens is 300 g/mol. The first kappa shape index (κ1) is 15.1. The topological polar surface area (TPSA) is 43.2 Å². The van der Waals surface area contributed by atoms with Gasteiger partial charge in [0.1, 0.15) is 11.3 Å². The fourth-order valence-electron chi connectivity index (χ4n) is 3.48. The third kappa shape index (κ3) is 2.99. The number of fused-ring (bicyclic) bond motifs is 1. The van der Waals surface area contributed by atoms with Crippen molar-refractivity contribution < 1.29 is 4.74 Å². The first-order valence-corrected chi connectivity index (χ1v) is 8.46. The van der Waals surface area contributed by atoms with Gasteiger partial charge in [-0.2, -0.15) is 0 Å². The zero-order valence-electron chi connectivity index (χ0n) is 13.9. The molecule has 24 heavy (non-hydrogen) atoms. The lowest BCUT2D eigenvalue weighted by atomic mass is 10.0. The summed E-state index contributed by atoms with van der Waals surface area (Å²) in [6, 6.07) is 12.8. The van der Waals surface area contributed by atoms with E-state index in [9.17, 15) is 0 Å². The molecule has 0 N–H and O–H groups in total. The van der Waals surface area contributed by atoms with Crippen molar-refractivity contribution in [2.75, 3.05) is 20.2 Å². The van der Waals surface area contributed by atoms with E-state index < -0.39 is 0 Å². The lowest BCUT2D eigenvalue weighted by Gasteiger charge is -2.32. The predicted molar refractivity (Wildman–Crippen MR) is 94.1 cm³/mol. The molecule has 1 aliphatic rings. The highest BCUT2D eigenvalue weighted by Crippen LogP contribution is 2.26. The van der Waals surface area contributed by atoms with Gasteiger partial charge in [0, 0.05) is 31.9 Å². The van der Waals surface area contributed by atoms with E-state index in [1.165, 1.54) is 5.56 Å². The van der Waals surface area contributed by atoms with Crippen molar-refractivity contribution in [3.8, 4) is 5.75 Å². The Bertz CT molecular complexity index is 804. The van der Waals surface area contributed by atoms with E-state index in [0.29, 0.717) is 6.04 Å². The number of hydrogen-bond acceptors (Lipinski definition) is 4. The molecular formula is C19H22N4O. The highest BCUT2D eigenvalue weighted by molar-refractivity contribution is 5.70. The largest absolute Gasteiger partial charge is 0.497 e. The molecule has 1 aliphatic heterocycles. The number of nitrogens with zero attached hydrogens (tertiary/aromatic N) is 4. The molecule has 3 heterocycles. The van der Waals surface area contributed by atoms with Crippen LogP contribution in [0.25, 0.3) is 11.2 Å². The molecule has 124 valence electrons. The number of rotatable bonds is 4. The van der Waals surface area contributed by atoms with Gasteiger partial charge in [-0.3, -0.25) is 4.90 Å². The average molecular weight is 322 g/mol. The van der Waals surface area contributed by atoms with Crippen LogP contribution in [0.1, 0.15) is 24.4 Å². The fourth-order valence-corrected chi connectivity index (χ4v) is 3.48. The number of pyridine rings is 1. The van der Waals surface area contributed by atoms with Crippen molar-refractivity contribution in [3.05, 3.63) is 54.5 Å². The molecule has 1 fully saturated rings. The normalized spacial score (nSPS) is 16.5. The number of benzene rings is 1. The van der Waals surface area contributed by atoms with Crippen LogP contribution in [-0.4, -0.2) is 39.6 Å². The van der Waals surface area contributed by atoms with Crippen LogP contribution in [0, 0.1) is 0 Å². The van der Waals surface area contributed by atoms with Gasteiger partial charge in [-0.25, -0.2) is 9.97 Å². The first-order chi connectivity index (χ1) is 11.8. The first-order valence-electron chi connectivity index (χ1n) is 8.46. The lowest BCUT2D eigenvalue weighted by molar-refractivity contribution is 0.181. The Hall–Kier alpha value is -2.40. The number of ether oxygens (including phenoxy) is 1. The Morgan fingerprint density at radius 1 is 1.08 bits per heavy atom. The Morgan fingerprint density at radius 3 is 2.62 bits per heavy atom. The highest BCUT2D eigenvalue weighted by Gasteiger charge is 2.22. The molecule has 3 aromatic rings. The van der Waals surface area contributed by atoms with Crippen LogP contribution in [0.4, 0.5) is 0 Å². The number of imidazole rings is 1. The van der Waals surface area contributed by atoms with Crippen LogP contribution < -0.4 is 4.74 Å². The fraction of sp³-hybridized carbons (Fsp3) is 0.368. The number of hydrogen-bond donors (Lipinski definition) is 0. The van der Waals surface area contributed by atoms with Crippen molar-refractivity contribution in [1.82, 2.24) is 19.4 Å². The van der Waals surface area contributed by atoms with E-state index in [1.807, 2.05) is 36.8 Å². The second-order valence-electron chi connectivity index (χ2n) is 6.35. The Kier molecular flexibility index (Phi) is 4.17. The summed E-state index contributed by atoms with van der Waals surface area (Å²) in [4.78, 5) is 11.5. The van der Waals surface area contributed by atoms with Gasteiger partial charge in [-0.15, -0.1) is 0 Å². The molecule has 0 radical (unpaired) electrons. The third-order valence-electron chi connectivity index (χ3n) is 4.85. The van der Waals surface area contributed by atoms with Crippen LogP contribution >= 0.6 is 0 Å². The monoisotopic (exact) mass is 322 g/mol. The van der Waals surface area contributed by atoms with Crippen LogP contribution in [0.2, 0.25) is 0 Å². The number of likely N-dealkylation sites (tertiary alicyclic amines) is 1. The second-order valence-corrected chi connectivity index (χ2v) is 6.35. The minimum absolute atomic E-state index is 0.497. The predicted octanol–water partition coefficient (Wildman–Crippen LogP) is 3.28. The van der Waals surface area contributed by atoms with Crippen molar-refractivity contribution >= 4 is 11.2 Å². The van der Waals surface area contributed by atoms with Crippen molar-refractivity contribution in [2.24, 2.45) is 0 Å². The minimum Gasteiger partial charge on any atom is -0.497 e. The molecule has 0 bridgehead atoms. The molecule has 4 rings (SSSR count). The zero-order chi connectivity index (χ0) is 16.4. The van der Waals surface area contributed by atoms with Gasteiger partial charge in [-0.1, -0.05) is 12.1 Å². The molecule has 0 amide bonds. The van der Waals surface area contributed by atoms with E-state index in [2.05, 4.69) is 31.6 Å². The number of methoxy groups -OCH3 is 1. The van der Waals surface area contributed by atoms with E-state index in [-0.39, 0.29) is 0 Å². The molecule has 1 aromatic carbocycles. The molecule has 0 aliphatic carbocycles. The maximum Gasteiger partial charge on any atom is 0.160 e. The van der Waals surface area contributed by atoms with E-state index in [0.717, 1.165) is 49.4 Å². The van der Waals surface area contributed by atoms with Crippen molar-refractivity contribution in [3.63, 3.8) is 0 Å².